The zero-order chi connectivity index (χ0) is 18.2. The lowest BCUT2D eigenvalue weighted by atomic mass is 9.92. The molecule has 3 aromatic rings. The maximum absolute atomic E-state index is 12.7. The van der Waals surface area contributed by atoms with Crippen LogP contribution in [0.3, 0.4) is 0 Å². The number of hydrogen-bond acceptors (Lipinski definition) is 4. The van der Waals surface area contributed by atoms with Crippen molar-refractivity contribution in [2.45, 2.75) is 31.1 Å². The SMILES string of the molecule is Cn1nc(C(C)(C)C)cc1NS(=O)(=O)c1cnn(-c2ccccc2)c1. The monoisotopic (exact) mass is 359 g/mol. The number of aromatic nitrogens is 4. The Hall–Kier alpha value is -2.61. The largest absolute Gasteiger partial charge is 0.266 e. The normalized spacial score (nSPS) is 12.3. The number of para-hydroxylation sites is 1. The minimum absolute atomic E-state index is 0.0925. The summed E-state index contributed by atoms with van der Waals surface area (Å²) >= 11 is 0. The number of nitrogens with one attached hydrogen (secondary N) is 1. The van der Waals surface area contributed by atoms with E-state index in [1.165, 1.54) is 21.8 Å². The first-order valence-corrected chi connectivity index (χ1v) is 9.32. The molecular formula is C17H21N5O2S. The number of rotatable bonds is 4. The quantitative estimate of drug-likeness (QED) is 0.776. The summed E-state index contributed by atoms with van der Waals surface area (Å²) in [5.74, 6) is 0.414. The molecule has 0 spiro atoms. The van der Waals surface area contributed by atoms with Crippen LogP contribution in [0.25, 0.3) is 5.69 Å². The lowest BCUT2D eigenvalue weighted by Gasteiger charge is -2.13. The third-order valence-corrected chi connectivity index (χ3v) is 5.09. The topological polar surface area (TPSA) is 81.8 Å². The smallest absolute Gasteiger partial charge is 0.263 e. The van der Waals surface area contributed by atoms with Crippen LogP contribution in [0.2, 0.25) is 0 Å². The third-order valence-electron chi connectivity index (χ3n) is 3.78. The second-order valence-electron chi connectivity index (χ2n) is 6.85. The first kappa shape index (κ1) is 17.2. The van der Waals surface area contributed by atoms with Gasteiger partial charge >= 0.3 is 0 Å². The van der Waals surface area contributed by atoms with E-state index < -0.39 is 10.0 Å². The van der Waals surface area contributed by atoms with Crippen LogP contribution < -0.4 is 4.72 Å². The van der Waals surface area contributed by atoms with Crippen LogP contribution in [-0.4, -0.2) is 28.0 Å². The van der Waals surface area contributed by atoms with Crippen molar-refractivity contribution in [2.24, 2.45) is 7.05 Å². The predicted octanol–water partition coefficient (Wildman–Crippen LogP) is 2.70. The average molecular weight is 359 g/mol. The Morgan fingerprint density at radius 1 is 1.12 bits per heavy atom. The summed E-state index contributed by atoms with van der Waals surface area (Å²) < 4.78 is 30.9. The van der Waals surface area contributed by atoms with Gasteiger partial charge in [-0.15, -0.1) is 0 Å². The number of sulfonamides is 1. The Labute approximate surface area is 147 Å². The molecule has 1 N–H and O–H groups in total. The van der Waals surface area contributed by atoms with E-state index in [-0.39, 0.29) is 10.3 Å². The summed E-state index contributed by atoms with van der Waals surface area (Å²) in [5.41, 5.74) is 1.44. The summed E-state index contributed by atoms with van der Waals surface area (Å²) in [6.07, 6.45) is 2.81. The molecule has 0 atom stereocenters. The van der Waals surface area contributed by atoms with E-state index in [0.29, 0.717) is 5.82 Å². The maximum atomic E-state index is 12.7. The Kier molecular flexibility index (Phi) is 4.16. The average Bonchev–Trinajstić information content (AvgIpc) is 3.16. The molecule has 0 saturated heterocycles. The second kappa shape index (κ2) is 6.03. The molecule has 0 bridgehead atoms. The second-order valence-corrected chi connectivity index (χ2v) is 8.53. The molecule has 0 amide bonds. The summed E-state index contributed by atoms with van der Waals surface area (Å²) in [5, 5.41) is 8.52. The highest BCUT2D eigenvalue weighted by Gasteiger charge is 2.23. The summed E-state index contributed by atoms with van der Waals surface area (Å²) in [6.45, 7) is 6.08. The molecule has 0 aliphatic carbocycles. The molecule has 3 rings (SSSR count). The van der Waals surface area contributed by atoms with Crippen LogP contribution in [-0.2, 0) is 22.5 Å². The van der Waals surface area contributed by atoms with Crippen molar-refractivity contribution in [1.29, 1.82) is 0 Å². The van der Waals surface area contributed by atoms with E-state index in [0.717, 1.165) is 11.4 Å². The number of benzene rings is 1. The van der Waals surface area contributed by atoms with E-state index in [9.17, 15) is 8.42 Å². The van der Waals surface area contributed by atoms with Crippen LogP contribution in [0.15, 0.2) is 53.7 Å². The van der Waals surface area contributed by atoms with E-state index in [1.54, 1.807) is 13.1 Å². The molecule has 132 valence electrons. The standard InChI is InChI=1S/C17H21N5O2S/c1-17(2,3)15-10-16(21(4)19-15)20-25(23,24)14-11-18-22(12-14)13-8-6-5-7-9-13/h5-12,20H,1-4H3. The molecule has 0 saturated carbocycles. The fraction of sp³-hybridized carbons (Fsp3) is 0.294. The lowest BCUT2D eigenvalue weighted by molar-refractivity contribution is 0.553. The van der Waals surface area contributed by atoms with E-state index in [2.05, 4.69) is 14.9 Å². The highest BCUT2D eigenvalue weighted by molar-refractivity contribution is 7.92. The van der Waals surface area contributed by atoms with Gasteiger partial charge in [-0.25, -0.2) is 13.1 Å². The molecular weight excluding hydrogens is 338 g/mol. The summed E-state index contributed by atoms with van der Waals surface area (Å²) in [7, 11) is -2.04. The minimum atomic E-state index is -3.75. The van der Waals surface area contributed by atoms with Crippen LogP contribution in [0.5, 0.6) is 0 Å². The molecule has 0 radical (unpaired) electrons. The first-order chi connectivity index (χ1) is 11.7. The van der Waals surface area contributed by atoms with Crippen LogP contribution in [0.4, 0.5) is 5.82 Å². The van der Waals surface area contributed by atoms with Gasteiger partial charge in [-0.3, -0.25) is 9.40 Å². The molecule has 2 aromatic heterocycles. The number of anilines is 1. The molecule has 0 aliphatic rings. The van der Waals surface area contributed by atoms with Gasteiger partial charge in [0.1, 0.15) is 10.7 Å². The molecule has 0 fully saturated rings. The van der Waals surface area contributed by atoms with Gasteiger partial charge in [0.05, 0.1) is 23.8 Å². The molecule has 8 heteroatoms. The zero-order valence-corrected chi connectivity index (χ0v) is 15.4. The van der Waals surface area contributed by atoms with Gasteiger partial charge in [0.15, 0.2) is 0 Å². The van der Waals surface area contributed by atoms with Crippen LogP contribution >= 0.6 is 0 Å². The Balaban J connectivity index is 1.88. The molecule has 0 aliphatic heterocycles. The minimum Gasteiger partial charge on any atom is -0.263 e. The molecule has 0 unspecified atom stereocenters. The van der Waals surface area contributed by atoms with Crippen LogP contribution in [0, 0.1) is 0 Å². The number of nitrogens with zero attached hydrogens (tertiary/aromatic N) is 4. The van der Waals surface area contributed by atoms with Gasteiger partial charge in [-0.2, -0.15) is 10.2 Å². The van der Waals surface area contributed by atoms with Crippen LogP contribution in [0.1, 0.15) is 26.5 Å². The highest BCUT2D eigenvalue weighted by atomic mass is 32.2. The fourth-order valence-electron chi connectivity index (χ4n) is 2.29. The Bertz CT molecular complexity index is 982. The van der Waals surface area contributed by atoms with Crippen molar-refractivity contribution in [3.63, 3.8) is 0 Å². The highest BCUT2D eigenvalue weighted by Crippen LogP contribution is 2.25. The first-order valence-electron chi connectivity index (χ1n) is 7.84. The molecule has 2 heterocycles. The van der Waals surface area contributed by atoms with Crippen molar-refractivity contribution in [3.05, 3.63) is 54.5 Å². The van der Waals surface area contributed by atoms with Crippen molar-refractivity contribution >= 4 is 15.8 Å². The fourth-order valence-corrected chi connectivity index (χ4v) is 3.30. The summed E-state index contributed by atoms with van der Waals surface area (Å²) in [6, 6.07) is 11.1. The Morgan fingerprint density at radius 3 is 2.40 bits per heavy atom. The van der Waals surface area contributed by atoms with Crippen molar-refractivity contribution in [2.75, 3.05) is 4.72 Å². The summed E-state index contributed by atoms with van der Waals surface area (Å²) in [4.78, 5) is 0.0925. The maximum Gasteiger partial charge on any atom is 0.266 e. The van der Waals surface area contributed by atoms with Gasteiger partial charge in [0, 0.05) is 18.5 Å². The molecule has 25 heavy (non-hydrogen) atoms. The lowest BCUT2D eigenvalue weighted by Crippen LogP contribution is -2.14. The van der Waals surface area contributed by atoms with Gasteiger partial charge in [-0.1, -0.05) is 39.0 Å². The number of hydrogen-bond donors (Lipinski definition) is 1. The van der Waals surface area contributed by atoms with Crippen molar-refractivity contribution in [3.8, 4) is 5.69 Å². The van der Waals surface area contributed by atoms with E-state index >= 15 is 0 Å². The Morgan fingerprint density at radius 2 is 1.80 bits per heavy atom. The molecule has 7 nitrogen and oxygen atoms in total. The predicted molar refractivity (Wildman–Crippen MR) is 96.3 cm³/mol. The van der Waals surface area contributed by atoms with Crippen molar-refractivity contribution in [1.82, 2.24) is 19.6 Å². The van der Waals surface area contributed by atoms with Gasteiger partial charge in [-0.05, 0) is 12.1 Å². The van der Waals surface area contributed by atoms with Gasteiger partial charge in [0.2, 0.25) is 0 Å². The van der Waals surface area contributed by atoms with Gasteiger partial charge < -0.3 is 0 Å². The molecule has 1 aromatic carbocycles. The zero-order valence-electron chi connectivity index (χ0n) is 14.6. The van der Waals surface area contributed by atoms with E-state index in [1.807, 2.05) is 51.1 Å². The van der Waals surface area contributed by atoms with E-state index in [4.69, 9.17) is 0 Å². The third kappa shape index (κ3) is 3.58. The van der Waals surface area contributed by atoms with Crippen molar-refractivity contribution < 1.29 is 8.42 Å². The number of aryl methyl sites for hydroxylation is 1. The van der Waals surface area contributed by atoms with Gasteiger partial charge in [0.25, 0.3) is 10.0 Å².